The lowest BCUT2D eigenvalue weighted by Gasteiger charge is -2.12. The first-order chi connectivity index (χ1) is 7.56. The van der Waals surface area contributed by atoms with Crippen molar-refractivity contribution in [3.05, 3.63) is 29.7 Å². The second kappa shape index (κ2) is 4.02. The van der Waals surface area contributed by atoms with Gasteiger partial charge < -0.3 is 4.84 Å². The van der Waals surface area contributed by atoms with Crippen LogP contribution in [0.3, 0.4) is 0 Å². The Morgan fingerprint density at radius 3 is 2.62 bits per heavy atom. The van der Waals surface area contributed by atoms with Gasteiger partial charge in [-0.25, -0.2) is 14.4 Å². The molecule has 0 radical (unpaired) electrons. The largest absolute Gasteiger partial charge is 0.384 e. The monoisotopic (exact) mass is 221 g/mol. The van der Waals surface area contributed by atoms with Gasteiger partial charge in [-0.3, -0.25) is 0 Å². The normalized spacial score (nSPS) is 11.1. The quantitative estimate of drug-likeness (QED) is 0.726. The molecule has 0 saturated heterocycles. The maximum atomic E-state index is 13.0. The third-order valence-electron chi connectivity index (χ3n) is 2.03. The molecule has 1 heterocycles. The minimum atomic E-state index is -0.332. The van der Waals surface area contributed by atoms with Crippen LogP contribution in [0.25, 0.3) is 11.0 Å². The topological polar surface area (TPSA) is 38.3 Å². The van der Waals surface area contributed by atoms with Crippen molar-refractivity contribution < 1.29 is 9.23 Å². The second-order valence-electron chi connectivity index (χ2n) is 3.65. The Morgan fingerprint density at radius 1 is 1.19 bits per heavy atom. The van der Waals surface area contributed by atoms with Crippen LogP contribution in [-0.2, 0) is 0 Å². The number of hydrogen-bond acceptors (Lipinski definition) is 4. The van der Waals surface area contributed by atoms with Crippen LogP contribution in [-0.4, -0.2) is 29.1 Å². The first-order valence-corrected chi connectivity index (χ1v) is 4.85. The summed E-state index contributed by atoms with van der Waals surface area (Å²) in [6.07, 6.45) is 0. The van der Waals surface area contributed by atoms with Crippen molar-refractivity contribution in [2.75, 3.05) is 14.1 Å². The number of benzene rings is 1. The van der Waals surface area contributed by atoms with Crippen LogP contribution in [0.15, 0.2) is 18.2 Å². The zero-order valence-corrected chi connectivity index (χ0v) is 9.36. The molecule has 0 fully saturated rings. The summed E-state index contributed by atoms with van der Waals surface area (Å²) in [5.74, 6) is 0.0598. The van der Waals surface area contributed by atoms with Crippen molar-refractivity contribution in [1.82, 2.24) is 15.0 Å². The third-order valence-corrected chi connectivity index (χ3v) is 2.03. The highest BCUT2D eigenvalue weighted by atomic mass is 19.1. The van der Waals surface area contributed by atoms with Crippen LogP contribution in [0.1, 0.15) is 5.69 Å². The predicted octanol–water partition coefficient (Wildman–Crippen LogP) is 1.93. The van der Waals surface area contributed by atoms with Crippen LogP contribution < -0.4 is 4.84 Å². The molecule has 1 aromatic heterocycles. The van der Waals surface area contributed by atoms with Crippen molar-refractivity contribution in [3.63, 3.8) is 0 Å². The molecular formula is C11H12FN3O. The smallest absolute Gasteiger partial charge is 0.260 e. The highest BCUT2D eigenvalue weighted by Crippen LogP contribution is 2.19. The molecule has 0 N–H and O–H groups in total. The number of nitrogens with zero attached hydrogens (tertiary/aromatic N) is 3. The molecule has 5 heteroatoms. The Kier molecular flexibility index (Phi) is 2.70. The van der Waals surface area contributed by atoms with Gasteiger partial charge in [0.1, 0.15) is 11.5 Å². The fourth-order valence-corrected chi connectivity index (χ4v) is 1.36. The molecule has 2 rings (SSSR count). The standard InChI is InChI=1S/C11H12FN3O/c1-7-11(16-15(2)3)14-10-6-8(12)4-5-9(10)13-7/h4-6H,1-3H3. The number of fused-ring (bicyclic) bond motifs is 1. The van der Waals surface area contributed by atoms with Gasteiger partial charge in [0.2, 0.25) is 0 Å². The summed E-state index contributed by atoms with van der Waals surface area (Å²) >= 11 is 0. The van der Waals surface area contributed by atoms with E-state index < -0.39 is 0 Å². The fourth-order valence-electron chi connectivity index (χ4n) is 1.36. The molecule has 0 aliphatic carbocycles. The van der Waals surface area contributed by atoms with Crippen molar-refractivity contribution in [3.8, 4) is 5.88 Å². The van der Waals surface area contributed by atoms with Crippen LogP contribution in [0.5, 0.6) is 5.88 Å². The zero-order valence-electron chi connectivity index (χ0n) is 9.36. The summed E-state index contributed by atoms with van der Waals surface area (Å²) in [6.45, 7) is 1.80. The lowest BCUT2D eigenvalue weighted by molar-refractivity contribution is -0.00924. The van der Waals surface area contributed by atoms with Gasteiger partial charge in [-0.1, -0.05) is 0 Å². The van der Waals surface area contributed by atoms with Crippen molar-refractivity contribution >= 4 is 11.0 Å². The summed E-state index contributed by atoms with van der Waals surface area (Å²) in [5, 5.41) is 1.52. The molecular weight excluding hydrogens is 209 g/mol. The minimum Gasteiger partial charge on any atom is -0.384 e. The molecule has 0 amide bonds. The highest BCUT2D eigenvalue weighted by molar-refractivity contribution is 5.74. The maximum absolute atomic E-state index is 13.0. The van der Waals surface area contributed by atoms with E-state index in [0.29, 0.717) is 22.6 Å². The average molecular weight is 221 g/mol. The van der Waals surface area contributed by atoms with Gasteiger partial charge in [-0.05, 0) is 19.1 Å². The molecule has 0 unspecified atom stereocenters. The molecule has 0 atom stereocenters. The van der Waals surface area contributed by atoms with Gasteiger partial charge in [0, 0.05) is 20.2 Å². The number of halogens is 1. The molecule has 0 spiro atoms. The Hall–Kier alpha value is -1.75. The van der Waals surface area contributed by atoms with E-state index in [9.17, 15) is 4.39 Å². The molecule has 4 nitrogen and oxygen atoms in total. The first kappa shape index (κ1) is 10.8. The Balaban J connectivity index is 2.55. The van der Waals surface area contributed by atoms with Crippen LogP contribution in [0.4, 0.5) is 4.39 Å². The Labute approximate surface area is 92.6 Å². The predicted molar refractivity (Wildman–Crippen MR) is 58.5 cm³/mol. The molecule has 0 aliphatic heterocycles. The van der Waals surface area contributed by atoms with Crippen molar-refractivity contribution in [2.45, 2.75) is 6.92 Å². The fraction of sp³-hybridized carbons (Fsp3) is 0.273. The van der Waals surface area contributed by atoms with Crippen LogP contribution >= 0.6 is 0 Å². The van der Waals surface area contributed by atoms with E-state index in [1.54, 1.807) is 27.1 Å². The molecule has 84 valence electrons. The van der Waals surface area contributed by atoms with E-state index in [0.717, 1.165) is 0 Å². The maximum Gasteiger partial charge on any atom is 0.260 e. The van der Waals surface area contributed by atoms with Crippen molar-refractivity contribution in [1.29, 1.82) is 0 Å². The van der Waals surface area contributed by atoms with E-state index in [4.69, 9.17) is 4.84 Å². The van der Waals surface area contributed by atoms with Gasteiger partial charge >= 0.3 is 0 Å². The number of rotatable bonds is 2. The molecule has 2 aromatic rings. The third kappa shape index (κ3) is 2.09. The summed E-state index contributed by atoms with van der Waals surface area (Å²) in [6, 6.07) is 4.30. The Morgan fingerprint density at radius 2 is 1.94 bits per heavy atom. The van der Waals surface area contributed by atoms with E-state index in [1.807, 2.05) is 0 Å². The van der Waals surface area contributed by atoms with Crippen LogP contribution in [0, 0.1) is 12.7 Å². The Bertz CT molecular complexity index is 528. The average Bonchev–Trinajstić information content (AvgIpc) is 2.19. The molecule has 1 aromatic carbocycles. The van der Waals surface area contributed by atoms with Gasteiger partial charge in [0.15, 0.2) is 0 Å². The van der Waals surface area contributed by atoms with E-state index in [2.05, 4.69) is 9.97 Å². The number of aryl methyl sites for hydroxylation is 1. The number of hydrogen-bond donors (Lipinski definition) is 0. The summed E-state index contributed by atoms with van der Waals surface area (Å²) < 4.78 is 13.0. The SMILES string of the molecule is Cc1nc2ccc(F)cc2nc1ON(C)C. The molecule has 0 saturated carbocycles. The summed E-state index contributed by atoms with van der Waals surface area (Å²) in [5.41, 5.74) is 1.82. The first-order valence-electron chi connectivity index (χ1n) is 4.85. The zero-order chi connectivity index (χ0) is 11.7. The van der Waals surface area contributed by atoms with Gasteiger partial charge in [0.05, 0.1) is 11.0 Å². The van der Waals surface area contributed by atoms with Gasteiger partial charge in [-0.2, -0.15) is 0 Å². The summed E-state index contributed by atoms with van der Waals surface area (Å²) in [7, 11) is 3.49. The highest BCUT2D eigenvalue weighted by Gasteiger charge is 2.08. The van der Waals surface area contributed by atoms with Crippen molar-refractivity contribution in [2.24, 2.45) is 0 Å². The van der Waals surface area contributed by atoms with Gasteiger partial charge in [-0.15, -0.1) is 5.06 Å². The van der Waals surface area contributed by atoms with Gasteiger partial charge in [0.25, 0.3) is 5.88 Å². The van der Waals surface area contributed by atoms with Crippen LogP contribution in [0.2, 0.25) is 0 Å². The molecule has 0 aliphatic rings. The molecule has 16 heavy (non-hydrogen) atoms. The number of hydroxylamine groups is 2. The van der Waals surface area contributed by atoms with E-state index in [-0.39, 0.29) is 5.82 Å². The number of aromatic nitrogens is 2. The lowest BCUT2D eigenvalue weighted by atomic mass is 10.3. The minimum absolute atomic E-state index is 0.332. The summed E-state index contributed by atoms with van der Waals surface area (Å²) in [4.78, 5) is 13.8. The van der Waals surface area contributed by atoms with E-state index in [1.165, 1.54) is 17.2 Å². The lowest BCUT2D eigenvalue weighted by Crippen LogP contribution is -2.18. The second-order valence-corrected chi connectivity index (χ2v) is 3.65. The molecule has 0 bridgehead atoms. The van der Waals surface area contributed by atoms with E-state index >= 15 is 0 Å².